The highest BCUT2D eigenvalue weighted by atomic mass is 14.9. The number of nitrogens with one attached hydrogen (secondary N) is 1. The zero-order valence-corrected chi connectivity index (χ0v) is 12.5. The van der Waals surface area contributed by atoms with Gasteiger partial charge in [-0.15, -0.1) is 0 Å². The molecule has 0 saturated heterocycles. The molecule has 1 aromatic heterocycles. The van der Waals surface area contributed by atoms with Gasteiger partial charge in [-0.2, -0.15) is 0 Å². The quantitative estimate of drug-likeness (QED) is 0.856. The van der Waals surface area contributed by atoms with Crippen molar-refractivity contribution in [3.8, 4) is 0 Å². The molecule has 3 N–H and O–H groups in total. The third-order valence-electron chi connectivity index (χ3n) is 4.62. The lowest BCUT2D eigenvalue weighted by atomic mass is 9.84. The highest BCUT2D eigenvalue weighted by Gasteiger charge is 2.50. The summed E-state index contributed by atoms with van der Waals surface area (Å²) in [5.74, 6) is 0. The van der Waals surface area contributed by atoms with Crippen molar-refractivity contribution in [3.05, 3.63) is 59.9 Å². The average Bonchev–Trinajstić information content (AvgIpc) is 3.32. The standard InChI is InChI=1S/C18H23N3/c1-2-21-17(12-14-13-20-11-8-16(14)19)18(9-10-18)15-6-4-3-5-7-15/h3-8,11,13,17,21H,2,9-10,12H2,1H3,(H2,19,20). The number of benzene rings is 1. The number of hydrogen-bond donors (Lipinski definition) is 2. The van der Waals surface area contributed by atoms with Crippen molar-refractivity contribution in [1.82, 2.24) is 10.3 Å². The second-order valence-corrected chi connectivity index (χ2v) is 5.91. The minimum Gasteiger partial charge on any atom is -0.398 e. The number of nitrogen functional groups attached to an aromatic ring is 1. The number of anilines is 1. The highest BCUT2D eigenvalue weighted by molar-refractivity contribution is 5.46. The lowest BCUT2D eigenvalue weighted by Crippen LogP contribution is -2.41. The molecule has 0 radical (unpaired) electrons. The Kier molecular flexibility index (Phi) is 3.93. The fourth-order valence-corrected chi connectivity index (χ4v) is 3.28. The minimum absolute atomic E-state index is 0.263. The van der Waals surface area contributed by atoms with Crippen LogP contribution < -0.4 is 11.1 Å². The first kappa shape index (κ1) is 14.1. The number of likely N-dealkylation sites (N-methyl/N-ethyl adjacent to an activating group) is 1. The molecule has 1 aliphatic carbocycles. The van der Waals surface area contributed by atoms with Crippen molar-refractivity contribution < 1.29 is 0 Å². The smallest absolute Gasteiger partial charge is 0.0378 e. The van der Waals surface area contributed by atoms with Gasteiger partial charge in [0.15, 0.2) is 0 Å². The van der Waals surface area contributed by atoms with E-state index in [0.29, 0.717) is 6.04 Å². The van der Waals surface area contributed by atoms with Gasteiger partial charge in [0.25, 0.3) is 0 Å². The second-order valence-electron chi connectivity index (χ2n) is 5.91. The number of rotatable bonds is 6. The van der Waals surface area contributed by atoms with Gasteiger partial charge in [0.05, 0.1) is 0 Å². The van der Waals surface area contributed by atoms with Crippen LogP contribution in [0.15, 0.2) is 48.8 Å². The molecule has 3 nitrogen and oxygen atoms in total. The van der Waals surface area contributed by atoms with Crippen molar-refractivity contribution >= 4 is 5.69 Å². The fraction of sp³-hybridized carbons (Fsp3) is 0.389. The van der Waals surface area contributed by atoms with E-state index in [-0.39, 0.29) is 5.41 Å². The maximum Gasteiger partial charge on any atom is 0.0378 e. The molecule has 1 aliphatic rings. The van der Waals surface area contributed by atoms with Gasteiger partial charge in [-0.25, -0.2) is 0 Å². The van der Waals surface area contributed by atoms with Crippen LogP contribution in [-0.4, -0.2) is 17.6 Å². The Bertz CT molecular complexity index is 590. The Morgan fingerprint density at radius 2 is 2.00 bits per heavy atom. The summed E-state index contributed by atoms with van der Waals surface area (Å²) in [7, 11) is 0. The molecule has 2 aromatic rings. The van der Waals surface area contributed by atoms with Gasteiger partial charge in [0.2, 0.25) is 0 Å². The molecule has 3 heteroatoms. The van der Waals surface area contributed by atoms with Crippen LogP contribution in [-0.2, 0) is 11.8 Å². The summed E-state index contributed by atoms with van der Waals surface area (Å²) in [6.07, 6.45) is 7.08. The zero-order valence-electron chi connectivity index (χ0n) is 12.5. The van der Waals surface area contributed by atoms with Crippen LogP contribution in [0.4, 0.5) is 5.69 Å². The monoisotopic (exact) mass is 281 g/mol. The van der Waals surface area contributed by atoms with Gasteiger partial charge in [-0.1, -0.05) is 37.3 Å². The third-order valence-corrected chi connectivity index (χ3v) is 4.62. The van der Waals surface area contributed by atoms with E-state index < -0.39 is 0 Å². The van der Waals surface area contributed by atoms with Crippen LogP contribution in [0.1, 0.15) is 30.9 Å². The summed E-state index contributed by atoms with van der Waals surface area (Å²) in [6.45, 7) is 3.14. The highest BCUT2D eigenvalue weighted by Crippen LogP contribution is 2.51. The SMILES string of the molecule is CCNC(Cc1cnccc1N)C1(c2ccccc2)CC1. The Morgan fingerprint density at radius 3 is 2.62 bits per heavy atom. The predicted molar refractivity (Wildman–Crippen MR) is 87.2 cm³/mol. The van der Waals surface area contributed by atoms with E-state index in [4.69, 9.17) is 5.73 Å². The Balaban J connectivity index is 1.87. The molecule has 110 valence electrons. The Morgan fingerprint density at radius 1 is 1.24 bits per heavy atom. The van der Waals surface area contributed by atoms with Crippen molar-refractivity contribution in [3.63, 3.8) is 0 Å². The normalized spacial score (nSPS) is 17.4. The summed E-state index contributed by atoms with van der Waals surface area (Å²) >= 11 is 0. The molecule has 0 aliphatic heterocycles. The van der Waals surface area contributed by atoms with Crippen LogP contribution in [0, 0.1) is 0 Å². The minimum atomic E-state index is 0.263. The van der Waals surface area contributed by atoms with E-state index in [1.165, 1.54) is 18.4 Å². The summed E-state index contributed by atoms with van der Waals surface area (Å²) in [6, 6.07) is 13.2. The van der Waals surface area contributed by atoms with Crippen LogP contribution in [0.5, 0.6) is 0 Å². The van der Waals surface area contributed by atoms with Gasteiger partial charge in [-0.3, -0.25) is 4.98 Å². The number of nitrogens with two attached hydrogens (primary N) is 1. The first-order chi connectivity index (χ1) is 10.3. The Hall–Kier alpha value is -1.87. The number of aromatic nitrogens is 1. The number of hydrogen-bond acceptors (Lipinski definition) is 3. The molecule has 21 heavy (non-hydrogen) atoms. The second kappa shape index (κ2) is 5.86. The molecular weight excluding hydrogens is 258 g/mol. The van der Waals surface area contributed by atoms with E-state index in [2.05, 4.69) is 47.6 Å². The van der Waals surface area contributed by atoms with Gasteiger partial charge < -0.3 is 11.1 Å². The van der Waals surface area contributed by atoms with E-state index in [0.717, 1.165) is 24.2 Å². The van der Waals surface area contributed by atoms with Gasteiger partial charge in [0, 0.05) is 29.5 Å². The topological polar surface area (TPSA) is 50.9 Å². The summed E-state index contributed by atoms with van der Waals surface area (Å²) < 4.78 is 0. The van der Waals surface area contributed by atoms with Gasteiger partial charge in [0.1, 0.15) is 0 Å². The third kappa shape index (κ3) is 2.79. The maximum absolute atomic E-state index is 6.10. The molecule has 3 rings (SSSR count). The van der Waals surface area contributed by atoms with E-state index in [9.17, 15) is 0 Å². The van der Waals surface area contributed by atoms with Crippen molar-refractivity contribution in [1.29, 1.82) is 0 Å². The first-order valence-electron chi connectivity index (χ1n) is 7.73. The van der Waals surface area contributed by atoms with Gasteiger partial charge >= 0.3 is 0 Å². The van der Waals surface area contributed by atoms with Gasteiger partial charge in [-0.05, 0) is 43.0 Å². The van der Waals surface area contributed by atoms with E-state index in [1.807, 2.05) is 12.3 Å². The molecule has 1 saturated carbocycles. The molecule has 1 fully saturated rings. The average molecular weight is 281 g/mol. The van der Waals surface area contributed by atoms with Crippen LogP contribution in [0.25, 0.3) is 0 Å². The fourth-order valence-electron chi connectivity index (χ4n) is 3.28. The molecule has 1 aromatic carbocycles. The lowest BCUT2D eigenvalue weighted by molar-refractivity contribution is 0.421. The zero-order chi connectivity index (χ0) is 14.7. The molecule has 0 bridgehead atoms. The number of nitrogens with zero attached hydrogens (tertiary/aromatic N) is 1. The van der Waals surface area contributed by atoms with Crippen molar-refractivity contribution in [2.75, 3.05) is 12.3 Å². The van der Waals surface area contributed by atoms with E-state index in [1.54, 1.807) is 6.20 Å². The molecule has 1 atom stereocenters. The van der Waals surface area contributed by atoms with E-state index >= 15 is 0 Å². The first-order valence-corrected chi connectivity index (χ1v) is 7.73. The summed E-state index contributed by atoms with van der Waals surface area (Å²) in [4.78, 5) is 4.23. The maximum atomic E-state index is 6.10. The lowest BCUT2D eigenvalue weighted by Gasteiger charge is -2.29. The Labute approximate surface area is 126 Å². The molecule has 1 heterocycles. The predicted octanol–water partition coefficient (Wildman–Crippen LogP) is 2.92. The van der Waals surface area contributed by atoms with Crippen LogP contribution in [0.3, 0.4) is 0 Å². The summed E-state index contributed by atoms with van der Waals surface area (Å²) in [5.41, 5.74) is 9.79. The molecular formula is C18H23N3. The van der Waals surface area contributed by atoms with Crippen LogP contribution >= 0.6 is 0 Å². The van der Waals surface area contributed by atoms with Crippen molar-refractivity contribution in [2.45, 2.75) is 37.6 Å². The largest absolute Gasteiger partial charge is 0.398 e. The molecule has 0 spiro atoms. The van der Waals surface area contributed by atoms with Crippen LogP contribution in [0.2, 0.25) is 0 Å². The van der Waals surface area contributed by atoms with Crippen molar-refractivity contribution in [2.24, 2.45) is 0 Å². The molecule has 0 amide bonds. The summed E-state index contributed by atoms with van der Waals surface area (Å²) in [5, 5.41) is 3.68. The number of pyridine rings is 1. The molecule has 1 unspecified atom stereocenters.